The molecule has 1 N–H and O–H groups in total. The molecule has 1 saturated heterocycles. The van der Waals surface area contributed by atoms with Gasteiger partial charge in [0, 0.05) is 24.9 Å². The summed E-state index contributed by atoms with van der Waals surface area (Å²) < 4.78 is 4.88. The molecule has 0 saturated carbocycles. The van der Waals surface area contributed by atoms with E-state index in [2.05, 4.69) is 24.0 Å². The topological polar surface area (TPSA) is 102 Å². The Labute approximate surface area is 145 Å². The van der Waals surface area contributed by atoms with Gasteiger partial charge < -0.3 is 10.1 Å². The molecule has 0 aliphatic carbocycles. The number of ether oxygens (including phenoxy) is 1. The maximum atomic E-state index is 11.9. The van der Waals surface area contributed by atoms with Crippen molar-refractivity contribution in [3.8, 4) is 5.75 Å². The van der Waals surface area contributed by atoms with E-state index in [4.69, 9.17) is 4.74 Å². The first-order chi connectivity index (χ1) is 11.9. The van der Waals surface area contributed by atoms with Crippen molar-refractivity contribution < 1.29 is 28.8 Å². The van der Waals surface area contributed by atoms with Crippen LogP contribution in [0.5, 0.6) is 5.75 Å². The first kappa shape index (κ1) is 18.4. The molecular formula is C17H20N2O6. The SMILES string of the molecule is CC(C)CCNC(=O)c1ccc(OC(=O)ON2C(=O)CCC2=O)cc1. The van der Waals surface area contributed by atoms with Crippen molar-refractivity contribution in [2.75, 3.05) is 6.54 Å². The van der Waals surface area contributed by atoms with Gasteiger partial charge in [-0.1, -0.05) is 18.9 Å². The Kier molecular flexibility index (Phi) is 6.10. The van der Waals surface area contributed by atoms with Gasteiger partial charge in [0.1, 0.15) is 5.75 Å². The fourth-order valence-corrected chi connectivity index (χ4v) is 2.10. The first-order valence-corrected chi connectivity index (χ1v) is 8.00. The van der Waals surface area contributed by atoms with Crippen LogP contribution < -0.4 is 10.1 Å². The fourth-order valence-electron chi connectivity index (χ4n) is 2.10. The van der Waals surface area contributed by atoms with Gasteiger partial charge in [0.05, 0.1) is 0 Å². The van der Waals surface area contributed by atoms with E-state index in [1.165, 1.54) is 24.3 Å². The molecule has 1 aromatic carbocycles. The number of nitrogens with one attached hydrogen (secondary N) is 1. The molecule has 0 atom stereocenters. The highest BCUT2D eigenvalue weighted by atomic mass is 16.8. The third kappa shape index (κ3) is 5.30. The summed E-state index contributed by atoms with van der Waals surface area (Å²) in [6.07, 6.45) is -0.302. The first-order valence-electron chi connectivity index (χ1n) is 8.00. The summed E-state index contributed by atoms with van der Waals surface area (Å²) >= 11 is 0. The molecule has 2 rings (SSSR count). The van der Waals surface area contributed by atoms with Gasteiger partial charge >= 0.3 is 6.16 Å². The summed E-state index contributed by atoms with van der Waals surface area (Å²) in [6.45, 7) is 4.72. The Bertz CT molecular complexity index is 652. The van der Waals surface area contributed by atoms with Crippen LogP contribution in [-0.4, -0.2) is 35.5 Å². The minimum absolute atomic E-state index is 0.00668. The van der Waals surface area contributed by atoms with Crippen molar-refractivity contribution in [1.82, 2.24) is 10.4 Å². The standard InChI is InChI=1S/C17H20N2O6/c1-11(2)9-10-18-16(22)12-3-5-13(6-4-12)24-17(23)25-19-14(20)7-8-15(19)21/h3-6,11H,7-10H2,1-2H3,(H,18,22). The van der Waals surface area contributed by atoms with Gasteiger partial charge in [0.25, 0.3) is 17.7 Å². The minimum Gasteiger partial charge on any atom is -0.393 e. The molecule has 8 nitrogen and oxygen atoms in total. The number of hydroxylamine groups is 2. The van der Waals surface area contributed by atoms with Crippen molar-refractivity contribution >= 4 is 23.9 Å². The van der Waals surface area contributed by atoms with E-state index in [-0.39, 0.29) is 24.5 Å². The lowest BCUT2D eigenvalue weighted by atomic mass is 10.1. The molecule has 1 aliphatic rings. The van der Waals surface area contributed by atoms with Crippen LogP contribution >= 0.6 is 0 Å². The lowest BCUT2D eigenvalue weighted by Gasteiger charge is -2.12. The Hall–Kier alpha value is -2.90. The molecule has 1 heterocycles. The van der Waals surface area contributed by atoms with Gasteiger partial charge in [0.15, 0.2) is 0 Å². The second kappa shape index (κ2) is 8.27. The Morgan fingerprint density at radius 1 is 1.12 bits per heavy atom. The predicted octanol–water partition coefficient (Wildman–Crippen LogP) is 2.04. The van der Waals surface area contributed by atoms with Crippen molar-refractivity contribution in [3.05, 3.63) is 29.8 Å². The largest absolute Gasteiger partial charge is 0.539 e. The normalized spacial score (nSPS) is 14.0. The average molecular weight is 348 g/mol. The number of nitrogens with zero attached hydrogens (tertiary/aromatic N) is 1. The van der Waals surface area contributed by atoms with Gasteiger partial charge in [-0.15, -0.1) is 0 Å². The number of carbonyl (C=O) groups excluding carboxylic acids is 4. The van der Waals surface area contributed by atoms with Gasteiger partial charge in [-0.2, -0.15) is 0 Å². The molecule has 0 unspecified atom stereocenters. The zero-order chi connectivity index (χ0) is 18.4. The van der Waals surface area contributed by atoms with Crippen molar-refractivity contribution in [2.45, 2.75) is 33.1 Å². The summed E-state index contributed by atoms with van der Waals surface area (Å²) in [6, 6.07) is 5.84. The molecule has 0 radical (unpaired) electrons. The number of hydrogen-bond acceptors (Lipinski definition) is 6. The van der Waals surface area contributed by atoms with Crippen LogP contribution in [0, 0.1) is 5.92 Å². The van der Waals surface area contributed by atoms with E-state index in [0.717, 1.165) is 6.42 Å². The van der Waals surface area contributed by atoms with E-state index in [0.29, 0.717) is 23.1 Å². The average Bonchev–Trinajstić information content (AvgIpc) is 2.87. The molecule has 25 heavy (non-hydrogen) atoms. The Morgan fingerprint density at radius 3 is 2.28 bits per heavy atom. The Balaban J connectivity index is 1.85. The minimum atomic E-state index is -1.20. The van der Waals surface area contributed by atoms with E-state index in [9.17, 15) is 19.2 Å². The molecule has 1 aromatic rings. The van der Waals surface area contributed by atoms with Crippen molar-refractivity contribution in [1.29, 1.82) is 0 Å². The zero-order valence-corrected chi connectivity index (χ0v) is 14.1. The summed E-state index contributed by atoms with van der Waals surface area (Å²) in [5, 5.41) is 3.20. The maximum absolute atomic E-state index is 11.9. The highest BCUT2D eigenvalue weighted by Gasteiger charge is 2.33. The second-order valence-electron chi connectivity index (χ2n) is 5.99. The molecule has 0 aromatic heterocycles. The lowest BCUT2D eigenvalue weighted by Crippen LogP contribution is -2.33. The summed E-state index contributed by atoms with van der Waals surface area (Å²) in [5.74, 6) is -0.770. The third-order valence-electron chi connectivity index (χ3n) is 3.50. The van der Waals surface area contributed by atoms with Crippen LogP contribution in [0.1, 0.15) is 43.5 Å². The molecular weight excluding hydrogens is 328 g/mol. The number of rotatable bonds is 6. The number of carbonyl (C=O) groups is 4. The number of hydrogen-bond donors (Lipinski definition) is 1. The van der Waals surface area contributed by atoms with Crippen LogP contribution in [0.15, 0.2) is 24.3 Å². The van der Waals surface area contributed by atoms with E-state index in [1.807, 2.05) is 0 Å². The number of benzene rings is 1. The number of amides is 3. The third-order valence-corrected chi connectivity index (χ3v) is 3.50. The van der Waals surface area contributed by atoms with Crippen LogP contribution in [0.25, 0.3) is 0 Å². The summed E-state index contributed by atoms with van der Waals surface area (Å²) in [5.41, 5.74) is 0.425. The van der Waals surface area contributed by atoms with Crippen molar-refractivity contribution in [2.24, 2.45) is 5.92 Å². The number of imide groups is 1. The molecule has 3 amide bonds. The smallest absolute Gasteiger partial charge is 0.393 e. The van der Waals surface area contributed by atoms with Crippen molar-refractivity contribution in [3.63, 3.8) is 0 Å². The van der Waals surface area contributed by atoms with Gasteiger partial charge in [-0.05, 0) is 36.6 Å². The molecule has 8 heteroatoms. The molecule has 0 bridgehead atoms. The summed E-state index contributed by atoms with van der Waals surface area (Å²) in [7, 11) is 0. The molecule has 134 valence electrons. The second-order valence-corrected chi connectivity index (χ2v) is 5.99. The fraction of sp³-hybridized carbons (Fsp3) is 0.412. The van der Waals surface area contributed by atoms with Crippen LogP contribution in [0.2, 0.25) is 0 Å². The monoisotopic (exact) mass is 348 g/mol. The maximum Gasteiger partial charge on any atom is 0.539 e. The predicted molar refractivity (Wildman–Crippen MR) is 86.4 cm³/mol. The van der Waals surface area contributed by atoms with Gasteiger partial charge in [-0.3, -0.25) is 19.2 Å². The van der Waals surface area contributed by atoms with Gasteiger partial charge in [-0.25, -0.2) is 4.79 Å². The van der Waals surface area contributed by atoms with Crippen LogP contribution in [0.3, 0.4) is 0 Å². The van der Waals surface area contributed by atoms with E-state index >= 15 is 0 Å². The highest BCUT2D eigenvalue weighted by molar-refractivity contribution is 6.01. The van der Waals surface area contributed by atoms with E-state index in [1.54, 1.807) is 0 Å². The van der Waals surface area contributed by atoms with Gasteiger partial charge in [0.2, 0.25) is 0 Å². The van der Waals surface area contributed by atoms with Crippen LogP contribution in [-0.2, 0) is 14.4 Å². The molecule has 1 fully saturated rings. The van der Waals surface area contributed by atoms with E-state index < -0.39 is 18.0 Å². The quantitative estimate of drug-likeness (QED) is 0.479. The Morgan fingerprint density at radius 2 is 1.72 bits per heavy atom. The zero-order valence-electron chi connectivity index (χ0n) is 14.1. The summed E-state index contributed by atoms with van der Waals surface area (Å²) in [4.78, 5) is 50.8. The molecule has 1 aliphatic heterocycles. The molecule has 0 spiro atoms. The van der Waals surface area contributed by atoms with Crippen LogP contribution in [0.4, 0.5) is 4.79 Å². The lowest BCUT2D eigenvalue weighted by molar-refractivity contribution is -0.174. The highest BCUT2D eigenvalue weighted by Crippen LogP contribution is 2.16.